The van der Waals surface area contributed by atoms with Crippen LogP contribution in [0.5, 0.6) is 0 Å². The molecule has 0 amide bonds. The third kappa shape index (κ3) is 5.80. The average molecular weight is 499 g/mol. The Bertz CT molecular complexity index is 1320. The van der Waals surface area contributed by atoms with Crippen LogP contribution in [0.4, 0.5) is 13.2 Å². The summed E-state index contributed by atoms with van der Waals surface area (Å²) < 4.78 is 43.2. The summed E-state index contributed by atoms with van der Waals surface area (Å²) in [5.74, 6) is -2.88. The van der Waals surface area contributed by atoms with Crippen LogP contribution in [0.25, 0.3) is 11.3 Å². The van der Waals surface area contributed by atoms with Crippen molar-refractivity contribution in [3.05, 3.63) is 72.0 Å². The number of hydrogen-bond donors (Lipinski definition) is 3. The highest BCUT2D eigenvalue weighted by Crippen LogP contribution is 2.42. The number of nitrogens with one attached hydrogen (secondary N) is 1. The Kier molecular flexibility index (Phi) is 8.26. The molecule has 0 aliphatic carbocycles. The maximum absolute atomic E-state index is 14.5. The number of β-amino-alcohol motifs (C(OH)–C–C–N with tert-alkyl or cyclic N) is 1. The van der Waals surface area contributed by atoms with Crippen LogP contribution in [0.2, 0.25) is 0 Å². The molecule has 186 valence electrons. The molecule has 4 rings (SSSR count). The SMILES string of the molecule is C#CC(=O)O.C[C@@H](c1ncncc1F)[C@](O)(CN1C=NCN1)c1ccc(F)cc1-c1ncncc1F. The average Bonchev–Trinajstić information content (AvgIpc) is 3.37. The number of aliphatic hydroxyl groups is 1. The molecule has 2 aromatic heterocycles. The van der Waals surface area contributed by atoms with E-state index in [1.807, 2.05) is 0 Å². The zero-order valence-corrected chi connectivity index (χ0v) is 18.8. The smallest absolute Gasteiger partial charge is 0.381 e. The summed E-state index contributed by atoms with van der Waals surface area (Å²) in [5, 5.41) is 21.0. The van der Waals surface area contributed by atoms with Gasteiger partial charge in [-0.1, -0.05) is 13.0 Å². The summed E-state index contributed by atoms with van der Waals surface area (Å²) in [6, 6.07) is 3.53. The van der Waals surface area contributed by atoms with Gasteiger partial charge in [0.15, 0.2) is 11.6 Å². The first-order valence-electron chi connectivity index (χ1n) is 10.3. The minimum absolute atomic E-state index is 0.0138. The van der Waals surface area contributed by atoms with Crippen LogP contribution >= 0.6 is 0 Å². The fraction of sp³-hybridized carbons (Fsp3) is 0.217. The number of terminal acetylenes is 1. The lowest BCUT2D eigenvalue weighted by molar-refractivity contribution is -0.130. The van der Waals surface area contributed by atoms with Gasteiger partial charge in [0.25, 0.3) is 0 Å². The van der Waals surface area contributed by atoms with E-state index in [4.69, 9.17) is 9.90 Å². The predicted octanol–water partition coefficient (Wildman–Crippen LogP) is 1.85. The van der Waals surface area contributed by atoms with Crippen molar-refractivity contribution in [1.29, 1.82) is 0 Å². The van der Waals surface area contributed by atoms with Gasteiger partial charge in [-0.3, -0.25) is 10.0 Å². The standard InChI is InChI=1S/C20H18F3N7O.C3H2O2/c1-12(18-16(22)5-24-8-27-18)20(31,7-30-11-26-10-29-30)15-3-2-13(21)4-14(15)19-17(23)6-25-9-28-19;1-2-3(4)5/h2-6,8-9,11-12,29,31H,7,10H2,1H3;1H,(H,4,5)/t12-,20+;/m0./s1. The molecule has 0 saturated carbocycles. The number of carbonyl (C=O) groups is 1. The summed E-state index contributed by atoms with van der Waals surface area (Å²) in [7, 11) is 0. The van der Waals surface area contributed by atoms with Gasteiger partial charge >= 0.3 is 5.97 Å². The number of rotatable bonds is 6. The molecule has 0 saturated heterocycles. The number of carboxylic acids is 1. The van der Waals surface area contributed by atoms with Gasteiger partial charge in [-0.2, -0.15) is 0 Å². The molecular formula is C23H20F3N7O3. The van der Waals surface area contributed by atoms with Gasteiger partial charge in [0.1, 0.15) is 42.8 Å². The number of aliphatic imine (C=N–C) groups is 1. The van der Waals surface area contributed by atoms with E-state index < -0.39 is 34.9 Å². The Hall–Kier alpha value is -4.41. The van der Waals surface area contributed by atoms with Crippen molar-refractivity contribution in [2.24, 2.45) is 4.99 Å². The highest BCUT2D eigenvalue weighted by Gasteiger charge is 2.43. The van der Waals surface area contributed by atoms with E-state index in [-0.39, 0.29) is 29.1 Å². The summed E-state index contributed by atoms with van der Waals surface area (Å²) in [6.07, 6.45) is 10.0. The van der Waals surface area contributed by atoms with E-state index in [0.717, 1.165) is 30.9 Å². The lowest BCUT2D eigenvalue weighted by Gasteiger charge is -2.38. The molecule has 0 unspecified atom stereocenters. The van der Waals surface area contributed by atoms with Gasteiger partial charge in [0, 0.05) is 17.4 Å². The Labute approximate surface area is 203 Å². The van der Waals surface area contributed by atoms with E-state index in [9.17, 15) is 18.3 Å². The fourth-order valence-corrected chi connectivity index (χ4v) is 3.59. The van der Waals surface area contributed by atoms with Crippen molar-refractivity contribution < 1.29 is 28.2 Å². The maximum Gasteiger partial charge on any atom is 0.381 e. The van der Waals surface area contributed by atoms with Gasteiger partial charge in [0.05, 0.1) is 24.6 Å². The normalized spacial score (nSPS) is 14.8. The molecule has 0 radical (unpaired) electrons. The molecule has 0 spiro atoms. The molecule has 3 N–H and O–H groups in total. The minimum atomic E-state index is -1.86. The number of hydrazine groups is 1. The molecule has 13 heteroatoms. The van der Waals surface area contributed by atoms with E-state index in [1.54, 1.807) is 6.92 Å². The second-order valence-corrected chi connectivity index (χ2v) is 7.50. The molecule has 36 heavy (non-hydrogen) atoms. The van der Waals surface area contributed by atoms with Crippen LogP contribution in [0.1, 0.15) is 24.1 Å². The van der Waals surface area contributed by atoms with Crippen LogP contribution < -0.4 is 5.43 Å². The topological polar surface area (TPSA) is 137 Å². The van der Waals surface area contributed by atoms with Crippen LogP contribution in [-0.4, -0.2) is 60.7 Å². The number of aromatic nitrogens is 4. The van der Waals surface area contributed by atoms with Gasteiger partial charge in [-0.25, -0.2) is 43.3 Å². The number of hydrogen-bond acceptors (Lipinski definition) is 9. The zero-order valence-electron chi connectivity index (χ0n) is 18.8. The summed E-state index contributed by atoms with van der Waals surface area (Å²) in [5.41, 5.74) is 0.983. The lowest BCUT2D eigenvalue weighted by atomic mass is 9.77. The van der Waals surface area contributed by atoms with Gasteiger partial charge in [0.2, 0.25) is 0 Å². The number of nitrogens with zero attached hydrogens (tertiary/aromatic N) is 6. The number of aliphatic carboxylic acids is 1. The van der Waals surface area contributed by atoms with Crippen LogP contribution in [0.15, 0.2) is 48.2 Å². The molecule has 0 bridgehead atoms. The third-order valence-electron chi connectivity index (χ3n) is 5.31. The molecule has 1 aliphatic heterocycles. The van der Waals surface area contributed by atoms with E-state index in [2.05, 4.69) is 36.8 Å². The maximum atomic E-state index is 14.5. The Balaban J connectivity index is 0.000000658. The van der Waals surface area contributed by atoms with E-state index >= 15 is 0 Å². The zero-order chi connectivity index (χ0) is 26.3. The first-order valence-corrected chi connectivity index (χ1v) is 10.3. The van der Waals surface area contributed by atoms with E-state index in [1.165, 1.54) is 29.7 Å². The van der Waals surface area contributed by atoms with Crippen LogP contribution in [0.3, 0.4) is 0 Å². The first-order chi connectivity index (χ1) is 17.2. The second-order valence-electron chi connectivity index (χ2n) is 7.50. The summed E-state index contributed by atoms with van der Waals surface area (Å²) in [4.78, 5) is 28.4. The molecule has 3 heterocycles. The Morgan fingerprint density at radius 3 is 2.47 bits per heavy atom. The largest absolute Gasteiger partial charge is 0.472 e. The van der Waals surface area contributed by atoms with Crippen molar-refractivity contribution in [3.8, 4) is 23.6 Å². The molecule has 1 aliphatic rings. The fourth-order valence-electron chi connectivity index (χ4n) is 3.59. The lowest BCUT2D eigenvalue weighted by Crippen LogP contribution is -2.47. The highest BCUT2D eigenvalue weighted by molar-refractivity contribution is 5.85. The quantitative estimate of drug-likeness (QED) is 0.434. The molecule has 0 fully saturated rings. The molecule has 2 atom stereocenters. The van der Waals surface area contributed by atoms with Gasteiger partial charge in [-0.15, -0.1) is 6.42 Å². The van der Waals surface area contributed by atoms with Crippen LogP contribution in [0, 0.1) is 29.8 Å². The van der Waals surface area contributed by atoms with Crippen molar-refractivity contribution in [2.75, 3.05) is 13.2 Å². The number of benzene rings is 1. The van der Waals surface area contributed by atoms with Gasteiger partial charge < -0.3 is 10.2 Å². The van der Waals surface area contributed by atoms with Gasteiger partial charge in [-0.05, 0) is 17.7 Å². The predicted molar refractivity (Wildman–Crippen MR) is 121 cm³/mol. The monoisotopic (exact) mass is 499 g/mol. The van der Waals surface area contributed by atoms with Crippen molar-refractivity contribution in [3.63, 3.8) is 0 Å². The van der Waals surface area contributed by atoms with Crippen LogP contribution in [-0.2, 0) is 10.4 Å². The minimum Gasteiger partial charge on any atom is -0.472 e. The van der Waals surface area contributed by atoms with Crippen molar-refractivity contribution in [2.45, 2.75) is 18.4 Å². The molecule has 3 aromatic rings. The first kappa shape index (κ1) is 26.2. The number of halogens is 3. The summed E-state index contributed by atoms with van der Waals surface area (Å²) in [6.45, 7) is 1.75. The Morgan fingerprint density at radius 1 is 1.22 bits per heavy atom. The Morgan fingerprint density at radius 2 is 1.89 bits per heavy atom. The molecule has 1 aromatic carbocycles. The third-order valence-corrected chi connectivity index (χ3v) is 5.31. The molecule has 10 nitrogen and oxygen atoms in total. The van der Waals surface area contributed by atoms with Crippen molar-refractivity contribution in [1.82, 2.24) is 30.4 Å². The summed E-state index contributed by atoms with van der Waals surface area (Å²) >= 11 is 0. The molecular weight excluding hydrogens is 479 g/mol. The number of carboxylic acid groups (broad SMARTS) is 1. The second kappa shape index (κ2) is 11.3. The van der Waals surface area contributed by atoms with Crippen molar-refractivity contribution >= 4 is 12.3 Å². The van der Waals surface area contributed by atoms with E-state index in [0.29, 0.717) is 6.67 Å². The highest BCUT2D eigenvalue weighted by atomic mass is 19.1.